The number of hydrogen-bond acceptors (Lipinski definition) is 3. The van der Waals surface area contributed by atoms with Crippen LogP contribution in [-0.4, -0.2) is 27.3 Å². The number of aromatic nitrogens is 2. The monoisotopic (exact) mass is 310 g/mol. The van der Waals surface area contributed by atoms with Crippen LogP contribution >= 0.6 is 11.6 Å². The lowest BCUT2D eigenvalue weighted by Gasteiger charge is -2.39. The van der Waals surface area contributed by atoms with Crippen LogP contribution in [-0.2, 0) is 4.79 Å². The SMILES string of the molecule is Cc1nn(C2CCCC(NC3CC3)(C(N)=O)C2)c(C)c1Cl. The fourth-order valence-electron chi connectivity index (χ4n) is 3.50. The zero-order chi connectivity index (χ0) is 15.2. The van der Waals surface area contributed by atoms with Gasteiger partial charge in [0.15, 0.2) is 0 Å². The zero-order valence-corrected chi connectivity index (χ0v) is 13.4. The standard InChI is InChI=1S/C15H23ClN4O/c1-9-13(16)10(2)20(19-9)12-4-3-7-15(8-12,14(17)21)18-11-5-6-11/h11-12,18H,3-8H2,1-2H3,(H2,17,21). The van der Waals surface area contributed by atoms with Crippen molar-refractivity contribution in [1.82, 2.24) is 15.1 Å². The lowest BCUT2D eigenvalue weighted by molar-refractivity contribution is -0.126. The van der Waals surface area contributed by atoms with Crippen LogP contribution in [0.15, 0.2) is 0 Å². The first-order chi connectivity index (χ1) is 9.93. The Morgan fingerprint density at radius 3 is 2.67 bits per heavy atom. The molecule has 3 rings (SSSR count). The van der Waals surface area contributed by atoms with Gasteiger partial charge in [0.05, 0.1) is 28.0 Å². The molecule has 1 aromatic heterocycles. The van der Waals surface area contributed by atoms with E-state index in [0.717, 1.165) is 48.5 Å². The van der Waals surface area contributed by atoms with E-state index in [1.165, 1.54) is 0 Å². The van der Waals surface area contributed by atoms with E-state index in [-0.39, 0.29) is 11.9 Å². The molecule has 0 spiro atoms. The predicted molar refractivity (Wildman–Crippen MR) is 82.3 cm³/mol. The van der Waals surface area contributed by atoms with Gasteiger partial charge in [-0.15, -0.1) is 0 Å². The van der Waals surface area contributed by atoms with E-state index in [2.05, 4.69) is 10.4 Å². The number of amides is 1. The van der Waals surface area contributed by atoms with Gasteiger partial charge in [0, 0.05) is 6.04 Å². The Morgan fingerprint density at radius 1 is 1.43 bits per heavy atom. The number of hydrogen-bond donors (Lipinski definition) is 2. The average molecular weight is 311 g/mol. The van der Waals surface area contributed by atoms with Gasteiger partial charge < -0.3 is 11.1 Å². The average Bonchev–Trinajstić information content (AvgIpc) is 3.22. The molecule has 2 atom stereocenters. The molecule has 0 aromatic carbocycles. The van der Waals surface area contributed by atoms with Crippen LogP contribution < -0.4 is 11.1 Å². The molecule has 116 valence electrons. The second-order valence-corrected chi connectivity index (χ2v) is 6.92. The highest BCUT2D eigenvalue weighted by atomic mass is 35.5. The van der Waals surface area contributed by atoms with Gasteiger partial charge >= 0.3 is 0 Å². The lowest BCUT2D eigenvalue weighted by Crippen LogP contribution is -2.58. The van der Waals surface area contributed by atoms with E-state index in [0.29, 0.717) is 12.5 Å². The minimum atomic E-state index is -0.581. The molecule has 0 aliphatic heterocycles. The van der Waals surface area contributed by atoms with Crippen LogP contribution in [0.5, 0.6) is 0 Å². The normalized spacial score (nSPS) is 29.6. The predicted octanol–water partition coefficient (Wildman–Crippen LogP) is 2.24. The molecule has 2 aliphatic rings. The third-order valence-electron chi connectivity index (χ3n) is 4.84. The Hall–Kier alpha value is -1.07. The van der Waals surface area contributed by atoms with Gasteiger partial charge in [-0.2, -0.15) is 5.10 Å². The second kappa shape index (κ2) is 5.29. The molecule has 5 nitrogen and oxygen atoms in total. The second-order valence-electron chi connectivity index (χ2n) is 6.54. The lowest BCUT2D eigenvalue weighted by atomic mass is 9.78. The summed E-state index contributed by atoms with van der Waals surface area (Å²) in [5.41, 5.74) is 6.98. The van der Waals surface area contributed by atoms with Crippen LogP contribution in [0, 0.1) is 13.8 Å². The summed E-state index contributed by atoms with van der Waals surface area (Å²) < 4.78 is 1.99. The van der Waals surface area contributed by atoms with Crippen LogP contribution in [0.2, 0.25) is 5.02 Å². The number of halogens is 1. The summed E-state index contributed by atoms with van der Waals surface area (Å²) >= 11 is 6.25. The molecule has 0 bridgehead atoms. The summed E-state index contributed by atoms with van der Waals surface area (Å²) in [4.78, 5) is 12.1. The number of carbonyl (C=O) groups is 1. The molecule has 1 amide bonds. The molecule has 0 radical (unpaired) electrons. The van der Waals surface area contributed by atoms with E-state index in [4.69, 9.17) is 17.3 Å². The van der Waals surface area contributed by atoms with Crippen LogP contribution in [0.25, 0.3) is 0 Å². The highest BCUT2D eigenvalue weighted by molar-refractivity contribution is 6.31. The number of primary amides is 1. The van der Waals surface area contributed by atoms with Crippen LogP contribution in [0.1, 0.15) is 56.0 Å². The Morgan fingerprint density at radius 2 is 2.14 bits per heavy atom. The third kappa shape index (κ3) is 2.69. The smallest absolute Gasteiger partial charge is 0.237 e. The maximum absolute atomic E-state index is 12.1. The van der Waals surface area contributed by atoms with Crippen molar-refractivity contribution in [2.24, 2.45) is 5.73 Å². The molecule has 2 aliphatic carbocycles. The number of nitrogens with one attached hydrogen (secondary N) is 1. The molecule has 21 heavy (non-hydrogen) atoms. The number of rotatable bonds is 4. The number of nitrogens with zero attached hydrogens (tertiary/aromatic N) is 2. The minimum Gasteiger partial charge on any atom is -0.368 e. The van der Waals surface area contributed by atoms with Gasteiger partial charge in [0.1, 0.15) is 0 Å². The summed E-state index contributed by atoms with van der Waals surface area (Å²) in [5.74, 6) is -0.230. The van der Waals surface area contributed by atoms with E-state index in [1.807, 2.05) is 18.5 Å². The maximum Gasteiger partial charge on any atom is 0.237 e. The summed E-state index contributed by atoms with van der Waals surface area (Å²) in [7, 11) is 0. The van der Waals surface area contributed by atoms with Crippen molar-refractivity contribution < 1.29 is 4.79 Å². The topological polar surface area (TPSA) is 72.9 Å². The van der Waals surface area contributed by atoms with Gasteiger partial charge in [0.25, 0.3) is 0 Å². The molecule has 1 aromatic rings. The van der Waals surface area contributed by atoms with Crippen molar-refractivity contribution >= 4 is 17.5 Å². The molecular formula is C15H23ClN4O. The van der Waals surface area contributed by atoms with Crippen molar-refractivity contribution in [3.05, 3.63) is 16.4 Å². The fourth-order valence-corrected chi connectivity index (χ4v) is 3.62. The number of nitrogens with two attached hydrogens (primary N) is 1. The van der Waals surface area contributed by atoms with Gasteiger partial charge in [0.2, 0.25) is 5.91 Å². The van der Waals surface area contributed by atoms with Crippen molar-refractivity contribution in [3.63, 3.8) is 0 Å². The van der Waals surface area contributed by atoms with Gasteiger partial charge in [-0.05, 0) is 52.4 Å². The van der Waals surface area contributed by atoms with Gasteiger partial charge in [-0.25, -0.2) is 0 Å². The van der Waals surface area contributed by atoms with Gasteiger partial charge in [-0.1, -0.05) is 11.6 Å². The molecule has 2 unspecified atom stereocenters. The van der Waals surface area contributed by atoms with E-state index < -0.39 is 5.54 Å². The van der Waals surface area contributed by atoms with Crippen molar-refractivity contribution in [3.8, 4) is 0 Å². The minimum absolute atomic E-state index is 0.184. The molecule has 1 heterocycles. The van der Waals surface area contributed by atoms with Crippen LogP contribution in [0.4, 0.5) is 0 Å². The highest BCUT2D eigenvalue weighted by Crippen LogP contribution is 2.39. The molecule has 3 N–H and O–H groups in total. The van der Waals surface area contributed by atoms with E-state index >= 15 is 0 Å². The maximum atomic E-state index is 12.1. The van der Waals surface area contributed by atoms with Gasteiger partial charge in [-0.3, -0.25) is 9.48 Å². The molecular weight excluding hydrogens is 288 g/mol. The van der Waals surface area contributed by atoms with Crippen molar-refractivity contribution in [1.29, 1.82) is 0 Å². The largest absolute Gasteiger partial charge is 0.368 e. The Labute approximate surface area is 130 Å². The zero-order valence-electron chi connectivity index (χ0n) is 12.7. The van der Waals surface area contributed by atoms with Crippen LogP contribution in [0.3, 0.4) is 0 Å². The first-order valence-electron chi connectivity index (χ1n) is 7.72. The Bertz CT molecular complexity index is 566. The molecule has 6 heteroatoms. The summed E-state index contributed by atoms with van der Waals surface area (Å²) in [5, 5.41) is 8.78. The summed E-state index contributed by atoms with van der Waals surface area (Å²) in [6.07, 6.45) is 5.80. The molecule has 0 saturated heterocycles. The molecule has 2 fully saturated rings. The van der Waals surface area contributed by atoms with E-state index in [9.17, 15) is 4.79 Å². The Balaban J connectivity index is 1.86. The quantitative estimate of drug-likeness (QED) is 0.896. The summed E-state index contributed by atoms with van der Waals surface area (Å²) in [6, 6.07) is 0.643. The Kier molecular flexibility index (Phi) is 3.74. The highest BCUT2D eigenvalue weighted by Gasteiger charge is 2.45. The van der Waals surface area contributed by atoms with E-state index in [1.54, 1.807) is 0 Å². The number of carbonyl (C=O) groups excluding carboxylic acids is 1. The first-order valence-corrected chi connectivity index (χ1v) is 8.09. The molecule has 2 saturated carbocycles. The summed E-state index contributed by atoms with van der Waals surface area (Å²) in [6.45, 7) is 3.90. The fraction of sp³-hybridized carbons (Fsp3) is 0.733. The first kappa shape index (κ1) is 14.9. The van der Waals surface area contributed by atoms with Crippen molar-refractivity contribution in [2.75, 3.05) is 0 Å². The van der Waals surface area contributed by atoms with Crippen molar-refractivity contribution in [2.45, 2.75) is 70.0 Å². The number of aryl methyl sites for hydroxylation is 1. The third-order valence-corrected chi connectivity index (χ3v) is 5.38.